The number of aromatic amines is 1. The van der Waals surface area contributed by atoms with Gasteiger partial charge >= 0.3 is 5.97 Å². The lowest BCUT2D eigenvalue weighted by molar-refractivity contribution is 0.0519. The minimum atomic E-state index is -0.463. The van der Waals surface area contributed by atoms with Crippen LogP contribution in [0.2, 0.25) is 0 Å². The Morgan fingerprint density at radius 2 is 1.77 bits per heavy atom. The number of carbonyl (C=O) groups is 2. The molecule has 0 fully saturated rings. The number of carbonyl (C=O) groups excluding carboxylic acids is 2. The predicted molar refractivity (Wildman–Crippen MR) is 97.0 cm³/mol. The Balaban J connectivity index is 1.90. The number of benzene rings is 1. The first-order chi connectivity index (χ1) is 12.5. The quantitative estimate of drug-likeness (QED) is 0.558. The number of hydrogen-bond acceptors (Lipinski definition) is 5. The lowest BCUT2D eigenvalue weighted by Crippen LogP contribution is -2.28. The normalized spacial score (nSPS) is 10.3. The summed E-state index contributed by atoms with van der Waals surface area (Å²) >= 11 is 0. The Morgan fingerprint density at radius 3 is 2.38 bits per heavy atom. The van der Waals surface area contributed by atoms with E-state index in [4.69, 9.17) is 14.2 Å². The summed E-state index contributed by atoms with van der Waals surface area (Å²) in [5.74, 6) is 0.722. The van der Waals surface area contributed by atoms with Crippen molar-refractivity contribution in [2.45, 2.75) is 20.8 Å². The highest BCUT2D eigenvalue weighted by Gasteiger charge is 2.22. The molecule has 2 N–H and O–H groups in total. The zero-order valence-corrected chi connectivity index (χ0v) is 15.5. The molecule has 1 aromatic carbocycles. The number of ether oxygens (including phenoxy) is 3. The Bertz CT molecular complexity index is 765. The maximum absolute atomic E-state index is 12.4. The number of aryl methyl sites for hydroxylation is 1. The van der Waals surface area contributed by atoms with E-state index in [0.717, 1.165) is 5.75 Å². The molecule has 1 amide bonds. The molecular weight excluding hydrogens is 336 g/mol. The summed E-state index contributed by atoms with van der Waals surface area (Å²) < 4.78 is 15.6. The third kappa shape index (κ3) is 4.56. The number of esters is 1. The van der Waals surface area contributed by atoms with E-state index in [-0.39, 0.29) is 12.5 Å². The molecule has 0 saturated heterocycles. The molecule has 0 atom stereocenters. The van der Waals surface area contributed by atoms with Gasteiger partial charge in [-0.05, 0) is 50.6 Å². The zero-order chi connectivity index (χ0) is 19.1. The van der Waals surface area contributed by atoms with Gasteiger partial charge in [-0.2, -0.15) is 0 Å². The SMILES string of the molecule is CCOC(=O)c1[nH]c(C)c(C(=O)NCCOc2ccc(OC)cc2)c1C. The summed E-state index contributed by atoms with van der Waals surface area (Å²) in [7, 11) is 1.60. The second kappa shape index (κ2) is 8.94. The van der Waals surface area contributed by atoms with Crippen LogP contribution in [-0.2, 0) is 4.74 Å². The fourth-order valence-corrected chi connectivity index (χ4v) is 2.59. The molecule has 1 heterocycles. The highest BCUT2D eigenvalue weighted by Crippen LogP contribution is 2.19. The largest absolute Gasteiger partial charge is 0.497 e. The van der Waals surface area contributed by atoms with Crippen LogP contribution in [0.5, 0.6) is 11.5 Å². The molecule has 0 spiro atoms. The molecule has 2 aromatic rings. The van der Waals surface area contributed by atoms with Gasteiger partial charge in [0.1, 0.15) is 23.8 Å². The van der Waals surface area contributed by atoms with Crippen molar-refractivity contribution in [2.75, 3.05) is 26.9 Å². The predicted octanol–water partition coefficient (Wildman–Crippen LogP) is 2.63. The van der Waals surface area contributed by atoms with E-state index in [1.54, 1.807) is 52.1 Å². The Morgan fingerprint density at radius 1 is 1.12 bits per heavy atom. The Labute approximate surface area is 152 Å². The van der Waals surface area contributed by atoms with E-state index >= 15 is 0 Å². The van der Waals surface area contributed by atoms with Gasteiger partial charge in [0.15, 0.2) is 0 Å². The average Bonchev–Trinajstić information content (AvgIpc) is 2.94. The summed E-state index contributed by atoms with van der Waals surface area (Å²) in [5.41, 5.74) is 1.97. The van der Waals surface area contributed by atoms with Crippen LogP contribution in [0, 0.1) is 13.8 Å². The molecule has 0 aliphatic rings. The molecule has 1 aromatic heterocycles. The van der Waals surface area contributed by atoms with Crippen LogP contribution in [0.3, 0.4) is 0 Å². The van der Waals surface area contributed by atoms with Gasteiger partial charge in [-0.15, -0.1) is 0 Å². The second-order valence-electron chi connectivity index (χ2n) is 5.63. The summed E-state index contributed by atoms with van der Waals surface area (Å²) in [4.78, 5) is 27.2. The number of methoxy groups -OCH3 is 1. The molecule has 0 unspecified atom stereocenters. The van der Waals surface area contributed by atoms with Gasteiger partial charge in [-0.1, -0.05) is 0 Å². The van der Waals surface area contributed by atoms with E-state index in [2.05, 4.69) is 10.3 Å². The standard InChI is InChI=1S/C19H24N2O5/c1-5-25-19(23)17-12(2)16(13(3)21-17)18(22)20-10-11-26-15-8-6-14(24-4)7-9-15/h6-9,21H,5,10-11H2,1-4H3,(H,20,22). The Hall–Kier alpha value is -2.96. The van der Waals surface area contributed by atoms with E-state index in [0.29, 0.717) is 41.4 Å². The molecule has 0 aliphatic carbocycles. The lowest BCUT2D eigenvalue weighted by atomic mass is 10.1. The van der Waals surface area contributed by atoms with Crippen LogP contribution < -0.4 is 14.8 Å². The van der Waals surface area contributed by atoms with Crippen molar-refractivity contribution in [1.82, 2.24) is 10.3 Å². The topological polar surface area (TPSA) is 89.7 Å². The third-order valence-corrected chi connectivity index (χ3v) is 3.86. The minimum absolute atomic E-state index is 0.259. The van der Waals surface area contributed by atoms with Crippen LogP contribution >= 0.6 is 0 Å². The molecule has 0 bridgehead atoms. The van der Waals surface area contributed by atoms with E-state index in [1.165, 1.54) is 0 Å². The van der Waals surface area contributed by atoms with Crippen LogP contribution in [-0.4, -0.2) is 43.7 Å². The van der Waals surface area contributed by atoms with Crippen molar-refractivity contribution in [3.05, 3.63) is 46.8 Å². The molecule has 7 heteroatoms. The van der Waals surface area contributed by atoms with Crippen molar-refractivity contribution < 1.29 is 23.8 Å². The van der Waals surface area contributed by atoms with Crippen LogP contribution in [0.1, 0.15) is 39.0 Å². The number of hydrogen-bond donors (Lipinski definition) is 2. The number of amides is 1. The molecule has 2 rings (SSSR count). The second-order valence-corrected chi connectivity index (χ2v) is 5.63. The first-order valence-electron chi connectivity index (χ1n) is 8.39. The highest BCUT2D eigenvalue weighted by molar-refractivity contribution is 6.01. The van der Waals surface area contributed by atoms with Crippen molar-refractivity contribution in [3.63, 3.8) is 0 Å². The van der Waals surface area contributed by atoms with Crippen LogP contribution in [0.25, 0.3) is 0 Å². The van der Waals surface area contributed by atoms with Gasteiger partial charge in [0.2, 0.25) is 0 Å². The summed E-state index contributed by atoms with van der Waals surface area (Å²) in [5, 5.41) is 2.80. The summed E-state index contributed by atoms with van der Waals surface area (Å²) in [6.07, 6.45) is 0. The van der Waals surface area contributed by atoms with Crippen molar-refractivity contribution in [2.24, 2.45) is 0 Å². The molecular formula is C19H24N2O5. The van der Waals surface area contributed by atoms with Crippen molar-refractivity contribution in [1.29, 1.82) is 0 Å². The fraction of sp³-hybridized carbons (Fsp3) is 0.368. The lowest BCUT2D eigenvalue weighted by Gasteiger charge is -2.09. The molecule has 26 heavy (non-hydrogen) atoms. The van der Waals surface area contributed by atoms with E-state index in [1.807, 2.05) is 0 Å². The average molecular weight is 360 g/mol. The fourth-order valence-electron chi connectivity index (χ4n) is 2.59. The van der Waals surface area contributed by atoms with Gasteiger partial charge in [0.25, 0.3) is 5.91 Å². The van der Waals surface area contributed by atoms with Crippen LogP contribution in [0.4, 0.5) is 0 Å². The zero-order valence-electron chi connectivity index (χ0n) is 15.5. The molecule has 0 saturated carbocycles. The maximum atomic E-state index is 12.4. The number of nitrogens with one attached hydrogen (secondary N) is 2. The van der Waals surface area contributed by atoms with E-state index in [9.17, 15) is 9.59 Å². The minimum Gasteiger partial charge on any atom is -0.497 e. The van der Waals surface area contributed by atoms with Gasteiger partial charge in [-0.25, -0.2) is 4.79 Å². The third-order valence-electron chi connectivity index (χ3n) is 3.86. The first-order valence-corrected chi connectivity index (χ1v) is 8.39. The highest BCUT2D eigenvalue weighted by atomic mass is 16.5. The number of aromatic nitrogens is 1. The summed E-state index contributed by atoms with van der Waals surface area (Å²) in [6, 6.07) is 7.20. The van der Waals surface area contributed by atoms with Crippen LogP contribution in [0.15, 0.2) is 24.3 Å². The monoisotopic (exact) mass is 360 g/mol. The molecule has 7 nitrogen and oxygen atoms in total. The summed E-state index contributed by atoms with van der Waals surface area (Å²) in [6.45, 7) is 6.14. The van der Waals surface area contributed by atoms with Gasteiger partial charge in [-0.3, -0.25) is 4.79 Å². The van der Waals surface area contributed by atoms with Gasteiger partial charge < -0.3 is 24.5 Å². The maximum Gasteiger partial charge on any atom is 0.355 e. The number of rotatable bonds is 8. The van der Waals surface area contributed by atoms with Crippen molar-refractivity contribution in [3.8, 4) is 11.5 Å². The van der Waals surface area contributed by atoms with Gasteiger partial charge in [0, 0.05) is 5.69 Å². The smallest absolute Gasteiger partial charge is 0.355 e. The van der Waals surface area contributed by atoms with Crippen molar-refractivity contribution >= 4 is 11.9 Å². The molecule has 0 aliphatic heterocycles. The Kier molecular flexibility index (Phi) is 6.66. The van der Waals surface area contributed by atoms with Gasteiger partial charge in [0.05, 0.1) is 25.8 Å². The molecule has 140 valence electrons. The van der Waals surface area contributed by atoms with E-state index < -0.39 is 5.97 Å². The first kappa shape index (κ1) is 19.4. The number of H-pyrrole nitrogens is 1. The molecule has 0 radical (unpaired) electrons.